The molecule has 1 atom stereocenters. The third-order valence-electron chi connectivity index (χ3n) is 2.28. The molecular weight excluding hydrogens is 236 g/mol. The van der Waals surface area contributed by atoms with Crippen molar-refractivity contribution in [3.05, 3.63) is 41.8 Å². The van der Waals surface area contributed by atoms with Crippen molar-refractivity contribution in [3.8, 4) is 0 Å². The fraction of sp³-hybridized carbons (Fsp3) is 0.250. The molecule has 1 heterocycles. The van der Waals surface area contributed by atoms with Crippen molar-refractivity contribution in [2.45, 2.75) is 18.3 Å². The fourth-order valence-corrected chi connectivity index (χ4v) is 2.18. The Labute approximate surface area is 104 Å². The smallest absolute Gasteiger partial charge is 0.255 e. The van der Waals surface area contributed by atoms with Gasteiger partial charge in [0.15, 0.2) is 0 Å². The number of rotatable bonds is 4. The molecule has 0 saturated heterocycles. The van der Waals surface area contributed by atoms with Crippen LogP contribution in [-0.2, 0) is 0 Å². The van der Waals surface area contributed by atoms with Crippen molar-refractivity contribution in [1.29, 1.82) is 0 Å². The summed E-state index contributed by atoms with van der Waals surface area (Å²) in [5, 5.41) is 10.5. The molecule has 0 fully saturated rings. The molecule has 17 heavy (non-hydrogen) atoms. The number of anilines is 1. The molecule has 0 amide bonds. The predicted octanol–water partition coefficient (Wildman–Crippen LogP) is 2.39. The van der Waals surface area contributed by atoms with Crippen molar-refractivity contribution in [1.82, 2.24) is 4.98 Å². The van der Waals surface area contributed by atoms with E-state index in [4.69, 9.17) is 10.2 Å². The molecule has 1 aromatic carbocycles. The minimum absolute atomic E-state index is 0.504. The summed E-state index contributed by atoms with van der Waals surface area (Å²) in [7, 11) is 0. The first-order valence-corrected chi connectivity index (χ1v) is 6.22. The van der Waals surface area contributed by atoms with Gasteiger partial charge in [0.05, 0.1) is 11.8 Å². The second kappa shape index (κ2) is 5.25. The normalized spacial score (nSPS) is 12.6. The van der Waals surface area contributed by atoms with Crippen molar-refractivity contribution in [3.63, 3.8) is 0 Å². The number of aryl methyl sites for hydroxylation is 1. The lowest BCUT2D eigenvalue weighted by Crippen LogP contribution is -2.00. The average Bonchev–Trinajstić information content (AvgIpc) is 2.73. The number of nitrogens with two attached hydrogens (primary N) is 1. The first kappa shape index (κ1) is 12.0. The molecule has 1 unspecified atom stereocenters. The Morgan fingerprint density at radius 2 is 2.12 bits per heavy atom. The van der Waals surface area contributed by atoms with Crippen molar-refractivity contribution in [2.24, 2.45) is 0 Å². The van der Waals surface area contributed by atoms with E-state index in [9.17, 15) is 5.11 Å². The number of aromatic nitrogens is 1. The first-order chi connectivity index (χ1) is 8.15. The molecule has 2 rings (SSSR count). The Morgan fingerprint density at radius 1 is 1.41 bits per heavy atom. The lowest BCUT2D eigenvalue weighted by Gasteiger charge is -2.09. The molecule has 0 bridgehead atoms. The van der Waals surface area contributed by atoms with Gasteiger partial charge in [-0.05, 0) is 24.6 Å². The summed E-state index contributed by atoms with van der Waals surface area (Å²) < 4.78 is 5.19. The monoisotopic (exact) mass is 250 g/mol. The van der Waals surface area contributed by atoms with Gasteiger partial charge < -0.3 is 15.3 Å². The van der Waals surface area contributed by atoms with Crippen LogP contribution in [0.5, 0.6) is 0 Å². The van der Waals surface area contributed by atoms with Crippen LogP contribution < -0.4 is 5.73 Å². The van der Waals surface area contributed by atoms with Crippen LogP contribution in [0.25, 0.3) is 0 Å². The largest absolute Gasteiger partial charge is 0.440 e. The van der Waals surface area contributed by atoms with E-state index >= 15 is 0 Å². The maximum absolute atomic E-state index is 9.95. The third kappa shape index (κ3) is 3.25. The number of aliphatic hydroxyl groups is 1. The van der Waals surface area contributed by atoms with Gasteiger partial charge in [0, 0.05) is 11.4 Å². The van der Waals surface area contributed by atoms with Crippen molar-refractivity contribution < 1.29 is 9.52 Å². The Balaban J connectivity index is 1.93. The van der Waals surface area contributed by atoms with Crippen molar-refractivity contribution in [2.75, 3.05) is 11.5 Å². The first-order valence-electron chi connectivity index (χ1n) is 5.23. The molecule has 0 spiro atoms. The van der Waals surface area contributed by atoms with Crippen LogP contribution >= 0.6 is 11.8 Å². The highest BCUT2D eigenvalue weighted by Gasteiger charge is 2.10. The van der Waals surface area contributed by atoms with E-state index in [2.05, 4.69) is 4.98 Å². The fourth-order valence-electron chi connectivity index (χ4n) is 1.36. The zero-order chi connectivity index (χ0) is 12.3. The van der Waals surface area contributed by atoms with Crippen molar-refractivity contribution >= 4 is 17.4 Å². The number of thioether (sulfide) groups is 1. The van der Waals surface area contributed by atoms with E-state index in [1.165, 1.54) is 11.8 Å². The average molecular weight is 250 g/mol. The molecule has 1 aromatic heterocycles. The summed E-state index contributed by atoms with van der Waals surface area (Å²) in [4.78, 5) is 4.16. The van der Waals surface area contributed by atoms with Crippen LogP contribution in [0.3, 0.4) is 0 Å². The van der Waals surface area contributed by atoms with Gasteiger partial charge in [0.2, 0.25) is 0 Å². The highest BCUT2D eigenvalue weighted by Crippen LogP contribution is 2.24. The molecule has 0 aliphatic rings. The van der Waals surface area contributed by atoms with E-state index in [0.29, 0.717) is 16.7 Å². The molecule has 0 aliphatic heterocycles. The zero-order valence-electron chi connectivity index (χ0n) is 9.46. The molecule has 2 aromatic rings. The third-order valence-corrected chi connectivity index (χ3v) is 3.20. The summed E-state index contributed by atoms with van der Waals surface area (Å²) in [6, 6.07) is 7.19. The molecule has 0 saturated carbocycles. The number of aliphatic hydroxyl groups excluding tert-OH is 1. The quantitative estimate of drug-likeness (QED) is 0.644. The number of nitrogen functional groups attached to an aromatic ring is 1. The van der Waals surface area contributed by atoms with Gasteiger partial charge in [-0.3, -0.25) is 0 Å². The predicted molar refractivity (Wildman–Crippen MR) is 67.8 cm³/mol. The lowest BCUT2D eigenvalue weighted by atomic mass is 10.1. The highest BCUT2D eigenvalue weighted by atomic mass is 32.2. The van der Waals surface area contributed by atoms with Gasteiger partial charge in [-0.1, -0.05) is 23.9 Å². The molecule has 3 N–H and O–H groups in total. The van der Waals surface area contributed by atoms with Gasteiger partial charge in [0.25, 0.3) is 5.22 Å². The SMILES string of the molecule is Cc1coc(SCC(O)c2ccc(N)cc2)n1. The number of benzene rings is 1. The van der Waals surface area contributed by atoms with Crippen LogP contribution in [0.4, 0.5) is 5.69 Å². The topological polar surface area (TPSA) is 72.3 Å². The summed E-state index contributed by atoms with van der Waals surface area (Å²) in [5.74, 6) is 0.504. The minimum Gasteiger partial charge on any atom is -0.440 e. The van der Waals surface area contributed by atoms with E-state index in [1.54, 1.807) is 18.4 Å². The van der Waals surface area contributed by atoms with Gasteiger partial charge in [0.1, 0.15) is 6.26 Å². The Bertz CT molecular complexity index is 482. The van der Waals surface area contributed by atoms with Gasteiger partial charge in [-0.2, -0.15) is 0 Å². The van der Waals surface area contributed by atoms with E-state index in [-0.39, 0.29) is 0 Å². The van der Waals surface area contributed by atoms with Gasteiger partial charge >= 0.3 is 0 Å². The summed E-state index contributed by atoms with van der Waals surface area (Å²) in [6.07, 6.45) is 1.05. The maximum Gasteiger partial charge on any atom is 0.255 e. The Morgan fingerprint density at radius 3 is 2.71 bits per heavy atom. The molecule has 90 valence electrons. The van der Waals surface area contributed by atoms with E-state index in [0.717, 1.165) is 11.3 Å². The number of nitrogens with zero attached hydrogens (tertiary/aromatic N) is 1. The standard InChI is InChI=1S/C12H14N2O2S/c1-8-6-16-12(14-8)17-7-11(15)9-2-4-10(13)5-3-9/h2-6,11,15H,7,13H2,1H3. The van der Waals surface area contributed by atoms with Crippen LogP contribution in [-0.4, -0.2) is 15.8 Å². The van der Waals surface area contributed by atoms with E-state index < -0.39 is 6.10 Å². The van der Waals surface area contributed by atoms with Crippen LogP contribution in [0.2, 0.25) is 0 Å². The maximum atomic E-state index is 9.95. The van der Waals surface area contributed by atoms with Crippen LogP contribution in [0.1, 0.15) is 17.4 Å². The number of oxazole rings is 1. The summed E-state index contributed by atoms with van der Waals surface area (Å²) in [5.41, 5.74) is 7.96. The molecule has 0 aliphatic carbocycles. The summed E-state index contributed by atoms with van der Waals surface area (Å²) in [6.45, 7) is 1.87. The highest BCUT2D eigenvalue weighted by molar-refractivity contribution is 7.99. The molecular formula is C12H14N2O2S. The van der Waals surface area contributed by atoms with Gasteiger partial charge in [-0.15, -0.1) is 0 Å². The minimum atomic E-state index is -0.548. The molecule has 5 heteroatoms. The second-order valence-corrected chi connectivity index (χ2v) is 4.72. The van der Waals surface area contributed by atoms with Crippen LogP contribution in [0, 0.1) is 6.92 Å². The van der Waals surface area contributed by atoms with Crippen LogP contribution in [0.15, 0.2) is 40.2 Å². The molecule has 0 radical (unpaired) electrons. The summed E-state index contributed by atoms with van der Waals surface area (Å²) >= 11 is 1.39. The number of hydrogen-bond donors (Lipinski definition) is 2. The van der Waals surface area contributed by atoms with E-state index in [1.807, 2.05) is 19.1 Å². The number of hydrogen-bond acceptors (Lipinski definition) is 5. The molecule has 4 nitrogen and oxygen atoms in total. The van der Waals surface area contributed by atoms with Gasteiger partial charge in [-0.25, -0.2) is 4.98 Å². The second-order valence-electron chi connectivity index (χ2n) is 3.75. The Hall–Kier alpha value is -1.46. The Kier molecular flexibility index (Phi) is 3.71. The zero-order valence-corrected chi connectivity index (χ0v) is 10.3. The lowest BCUT2D eigenvalue weighted by molar-refractivity contribution is 0.204.